The summed E-state index contributed by atoms with van der Waals surface area (Å²) in [7, 11) is 0. The Balaban J connectivity index is 2.24. The summed E-state index contributed by atoms with van der Waals surface area (Å²) in [6, 6.07) is 8.91. The summed E-state index contributed by atoms with van der Waals surface area (Å²) in [5, 5.41) is 10.8. The second-order valence-corrected chi connectivity index (χ2v) is 5.88. The van der Waals surface area contributed by atoms with Gasteiger partial charge in [-0.3, -0.25) is 0 Å². The van der Waals surface area contributed by atoms with Crippen LogP contribution in [0.15, 0.2) is 34.7 Å². The number of nitrogens with one attached hydrogen (secondary N) is 1. The molecule has 1 aromatic carbocycles. The Labute approximate surface area is 129 Å². The van der Waals surface area contributed by atoms with Gasteiger partial charge in [-0.15, -0.1) is 10.2 Å². The lowest BCUT2D eigenvalue weighted by Gasteiger charge is -2.22. The van der Waals surface area contributed by atoms with Crippen molar-refractivity contribution < 1.29 is 13.9 Å². The van der Waals surface area contributed by atoms with Crippen molar-refractivity contribution in [3.8, 4) is 0 Å². The van der Waals surface area contributed by atoms with Gasteiger partial charge < -0.3 is 14.5 Å². The summed E-state index contributed by atoms with van der Waals surface area (Å²) >= 11 is 0. The van der Waals surface area contributed by atoms with E-state index in [4.69, 9.17) is 9.15 Å². The van der Waals surface area contributed by atoms with E-state index < -0.39 is 17.7 Å². The van der Waals surface area contributed by atoms with Gasteiger partial charge in [0.05, 0.1) is 0 Å². The predicted octanol–water partition coefficient (Wildman–Crippen LogP) is 3.25. The molecule has 0 bridgehead atoms. The van der Waals surface area contributed by atoms with Crippen LogP contribution in [0.3, 0.4) is 0 Å². The highest BCUT2D eigenvalue weighted by Crippen LogP contribution is 2.22. The molecule has 1 amide bonds. The quantitative estimate of drug-likeness (QED) is 0.938. The molecular formula is C16H21N3O3. The van der Waals surface area contributed by atoms with Crippen LogP contribution in [0.4, 0.5) is 4.79 Å². The molecular weight excluding hydrogens is 282 g/mol. The van der Waals surface area contributed by atoms with E-state index in [9.17, 15) is 4.79 Å². The molecule has 0 spiro atoms. The maximum Gasteiger partial charge on any atom is 0.408 e. The molecule has 0 saturated heterocycles. The summed E-state index contributed by atoms with van der Waals surface area (Å²) in [5.41, 5.74) is 0.272. The number of carbonyl (C=O) groups excluding carboxylic acids is 1. The van der Waals surface area contributed by atoms with Crippen LogP contribution >= 0.6 is 0 Å². The van der Waals surface area contributed by atoms with Gasteiger partial charge in [0.2, 0.25) is 11.8 Å². The predicted molar refractivity (Wildman–Crippen MR) is 81.3 cm³/mol. The number of nitrogens with zero attached hydrogens (tertiary/aromatic N) is 2. The van der Waals surface area contributed by atoms with Gasteiger partial charge in [-0.2, -0.15) is 0 Å². The molecule has 1 aromatic heterocycles. The number of aryl methyl sites for hydroxylation is 1. The number of rotatable bonds is 4. The summed E-state index contributed by atoms with van der Waals surface area (Å²) < 4.78 is 10.9. The zero-order valence-corrected chi connectivity index (χ0v) is 13.3. The minimum atomic E-state index is -0.575. The van der Waals surface area contributed by atoms with Crippen LogP contribution < -0.4 is 5.32 Å². The minimum absolute atomic E-state index is 0.342. The highest BCUT2D eigenvalue weighted by atomic mass is 16.6. The van der Waals surface area contributed by atoms with Crippen LogP contribution in [0, 0.1) is 0 Å². The van der Waals surface area contributed by atoms with Crippen molar-refractivity contribution in [2.75, 3.05) is 0 Å². The Morgan fingerprint density at radius 2 is 1.95 bits per heavy atom. The number of hydrogen-bond donors (Lipinski definition) is 1. The lowest BCUT2D eigenvalue weighted by Crippen LogP contribution is -2.35. The fourth-order valence-electron chi connectivity index (χ4n) is 1.88. The summed E-state index contributed by atoms with van der Waals surface area (Å²) in [4.78, 5) is 12.1. The topological polar surface area (TPSA) is 77.2 Å². The Hall–Kier alpha value is -2.37. The number of alkyl carbamates (subject to hydrolysis) is 1. The minimum Gasteiger partial charge on any atom is -0.444 e. The van der Waals surface area contributed by atoms with Crippen LogP contribution in [-0.4, -0.2) is 21.9 Å². The van der Waals surface area contributed by atoms with Crippen molar-refractivity contribution in [3.63, 3.8) is 0 Å². The lowest BCUT2D eigenvalue weighted by atomic mass is 10.1. The highest BCUT2D eigenvalue weighted by molar-refractivity contribution is 5.68. The van der Waals surface area contributed by atoms with Crippen molar-refractivity contribution in [1.82, 2.24) is 15.5 Å². The first kappa shape index (κ1) is 16.0. The van der Waals surface area contributed by atoms with Crippen LogP contribution in [-0.2, 0) is 11.2 Å². The molecule has 2 rings (SSSR count). The maximum absolute atomic E-state index is 12.1. The third kappa shape index (κ3) is 4.31. The summed E-state index contributed by atoms with van der Waals surface area (Å²) in [6.45, 7) is 7.36. The Morgan fingerprint density at radius 3 is 2.50 bits per heavy atom. The number of ether oxygens (including phenoxy) is 1. The normalized spacial score (nSPS) is 12.7. The number of benzene rings is 1. The molecule has 0 fully saturated rings. The van der Waals surface area contributed by atoms with Gasteiger partial charge in [-0.1, -0.05) is 37.3 Å². The van der Waals surface area contributed by atoms with Crippen molar-refractivity contribution in [2.45, 2.75) is 45.8 Å². The average Bonchev–Trinajstić information content (AvgIpc) is 2.92. The molecule has 0 aliphatic carbocycles. The number of aromatic nitrogens is 2. The number of carbonyl (C=O) groups is 1. The van der Waals surface area contributed by atoms with E-state index in [2.05, 4.69) is 15.5 Å². The Bertz CT molecular complexity index is 617. The molecule has 0 aliphatic heterocycles. The van der Waals surface area contributed by atoms with Gasteiger partial charge in [-0.25, -0.2) is 4.79 Å². The van der Waals surface area contributed by atoms with Gasteiger partial charge in [0, 0.05) is 6.42 Å². The standard InChI is InChI=1S/C16H21N3O3/c1-5-12-18-19-14(21-12)13(11-9-7-6-8-10-11)17-15(20)22-16(2,3)4/h6-10,13H,5H2,1-4H3,(H,17,20)/t13-/m0/s1. The van der Waals surface area contributed by atoms with E-state index in [0.717, 1.165) is 5.56 Å². The van der Waals surface area contributed by atoms with E-state index in [1.165, 1.54) is 0 Å². The molecule has 0 saturated carbocycles. The molecule has 2 aromatic rings. The highest BCUT2D eigenvalue weighted by Gasteiger charge is 2.25. The SMILES string of the molecule is CCc1nnc([C@@H](NC(=O)OC(C)(C)C)c2ccccc2)o1. The Morgan fingerprint density at radius 1 is 1.27 bits per heavy atom. The van der Waals surface area contributed by atoms with Crippen molar-refractivity contribution in [1.29, 1.82) is 0 Å². The molecule has 1 N–H and O–H groups in total. The van der Waals surface area contributed by atoms with Gasteiger partial charge in [0.1, 0.15) is 11.6 Å². The second-order valence-electron chi connectivity index (χ2n) is 5.88. The molecule has 6 heteroatoms. The number of hydrogen-bond acceptors (Lipinski definition) is 5. The first-order valence-electron chi connectivity index (χ1n) is 7.26. The van der Waals surface area contributed by atoms with Crippen molar-refractivity contribution in [2.24, 2.45) is 0 Å². The van der Waals surface area contributed by atoms with Gasteiger partial charge in [-0.05, 0) is 26.3 Å². The summed E-state index contributed by atoms with van der Waals surface area (Å²) in [5.74, 6) is 0.871. The molecule has 1 heterocycles. The monoisotopic (exact) mass is 303 g/mol. The van der Waals surface area contributed by atoms with Crippen molar-refractivity contribution in [3.05, 3.63) is 47.7 Å². The molecule has 1 atom stereocenters. The molecule has 0 radical (unpaired) electrons. The van der Waals surface area contributed by atoms with Crippen LogP contribution in [0.5, 0.6) is 0 Å². The van der Waals surface area contributed by atoms with E-state index in [0.29, 0.717) is 18.2 Å². The average molecular weight is 303 g/mol. The summed E-state index contributed by atoms with van der Waals surface area (Å²) in [6.07, 6.45) is 0.110. The first-order chi connectivity index (χ1) is 10.4. The lowest BCUT2D eigenvalue weighted by molar-refractivity contribution is 0.0505. The second kappa shape index (κ2) is 6.60. The van der Waals surface area contributed by atoms with Crippen LogP contribution in [0.2, 0.25) is 0 Å². The van der Waals surface area contributed by atoms with Gasteiger partial charge in [0.25, 0.3) is 0 Å². The molecule has 118 valence electrons. The smallest absolute Gasteiger partial charge is 0.408 e. The third-order valence-corrected chi connectivity index (χ3v) is 2.83. The molecule has 6 nitrogen and oxygen atoms in total. The maximum atomic E-state index is 12.1. The first-order valence-corrected chi connectivity index (χ1v) is 7.26. The zero-order chi connectivity index (χ0) is 16.2. The van der Waals surface area contributed by atoms with Crippen LogP contribution in [0.1, 0.15) is 51.1 Å². The Kier molecular flexibility index (Phi) is 4.80. The largest absolute Gasteiger partial charge is 0.444 e. The molecule has 0 unspecified atom stereocenters. The molecule has 22 heavy (non-hydrogen) atoms. The van der Waals surface area contributed by atoms with E-state index >= 15 is 0 Å². The fraction of sp³-hybridized carbons (Fsp3) is 0.438. The fourth-order valence-corrected chi connectivity index (χ4v) is 1.88. The van der Waals surface area contributed by atoms with E-state index in [1.807, 2.05) is 58.0 Å². The van der Waals surface area contributed by atoms with Gasteiger partial charge >= 0.3 is 6.09 Å². The van der Waals surface area contributed by atoms with Crippen LogP contribution in [0.25, 0.3) is 0 Å². The third-order valence-electron chi connectivity index (χ3n) is 2.83. The zero-order valence-electron chi connectivity index (χ0n) is 13.3. The van der Waals surface area contributed by atoms with E-state index in [1.54, 1.807) is 0 Å². The van der Waals surface area contributed by atoms with Crippen molar-refractivity contribution >= 4 is 6.09 Å². The number of amides is 1. The van der Waals surface area contributed by atoms with Gasteiger partial charge in [0.15, 0.2) is 0 Å². The molecule has 0 aliphatic rings. The van der Waals surface area contributed by atoms with E-state index in [-0.39, 0.29) is 0 Å².